The van der Waals surface area contributed by atoms with Crippen LogP contribution in [0.4, 0.5) is 11.8 Å². The van der Waals surface area contributed by atoms with Crippen molar-refractivity contribution in [3.05, 3.63) is 6.20 Å². The van der Waals surface area contributed by atoms with Gasteiger partial charge < -0.3 is 11.1 Å². The number of hydrogen-bond donors (Lipinski definition) is 3. The van der Waals surface area contributed by atoms with E-state index in [-0.39, 0.29) is 5.95 Å². The van der Waals surface area contributed by atoms with E-state index >= 15 is 0 Å². The van der Waals surface area contributed by atoms with Crippen LogP contribution in [0.25, 0.3) is 11.0 Å². The fourth-order valence-electron chi connectivity index (χ4n) is 3.27. The predicted octanol–water partition coefficient (Wildman–Crippen LogP) is 2.56. The first-order valence-corrected chi connectivity index (χ1v) is 7.38. The maximum absolute atomic E-state index is 5.77. The zero-order chi connectivity index (χ0) is 14.1. The standard InChI is InChI=1S/C14H22N6/c1-8(2)9-5-3-4-6-11(9)17-12-10-7-16-20-13(10)19-14(15)18-12/h7-9,11H,3-6H2,1-2H3,(H4,15,16,17,18,19,20). The van der Waals surface area contributed by atoms with Crippen LogP contribution in [-0.2, 0) is 0 Å². The lowest BCUT2D eigenvalue weighted by Crippen LogP contribution is -2.35. The van der Waals surface area contributed by atoms with Gasteiger partial charge in [0.1, 0.15) is 5.82 Å². The molecule has 2 aromatic rings. The fourth-order valence-corrected chi connectivity index (χ4v) is 3.27. The van der Waals surface area contributed by atoms with Crippen LogP contribution in [0, 0.1) is 11.8 Å². The van der Waals surface area contributed by atoms with Crippen molar-refractivity contribution < 1.29 is 0 Å². The lowest BCUT2D eigenvalue weighted by atomic mass is 9.78. The molecule has 1 aliphatic rings. The third-order valence-electron chi connectivity index (χ3n) is 4.32. The molecule has 20 heavy (non-hydrogen) atoms. The molecule has 0 bridgehead atoms. The van der Waals surface area contributed by atoms with Gasteiger partial charge in [0.2, 0.25) is 5.95 Å². The summed E-state index contributed by atoms with van der Waals surface area (Å²) in [4.78, 5) is 8.51. The van der Waals surface area contributed by atoms with Crippen molar-refractivity contribution in [2.75, 3.05) is 11.1 Å². The van der Waals surface area contributed by atoms with Crippen LogP contribution < -0.4 is 11.1 Å². The summed E-state index contributed by atoms with van der Waals surface area (Å²) < 4.78 is 0. The van der Waals surface area contributed by atoms with Gasteiger partial charge in [-0.3, -0.25) is 5.10 Å². The quantitative estimate of drug-likeness (QED) is 0.800. The first kappa shape index (κ1) is 13.1. The number of anilines is 2. The first-order valence-electron chi connectivity index (χ1n) is 7.38. The van der Waals surface area contributed by atoms with Gasteiger partial charge in [0.25, 0.3) is 0 Å². The minimum atomic E-state index is 0.279. The maximum Gasteiger partial charge on any atom is 0.224 e. The highest BCUT2D eigenvalue weighted by Gasteiger charge is 2.28. The highest BCUT2D eigenvalue weighted by molar-refractivity contribution is 5.86. The molecule has 2 aromatic heterocycles. The Bertz CT molecular complexity index is 590. The van der Waals surface area contributed by atoms with Gasteiger partial charge in [-0.2, -0.15) is 15.1 Å². The lowest BCUT2D eigenvalue weighted by Gasteiger charge is -2.35. The van der Waals surface area contributed by atoms with E-state index in [2.05, 4.69) is 39.3 Å². The average Bonchev–Trinajstić information content (AvgIpc) is 2.87. The maximum atomic E-state index is 5.77. The first-order chi connectivity index (χ1) is 9.65. The predicted molar refractivity (Wildman–Crippen MR) is 80.3 cm³/mol. The molecule has 0 aromatic carbocycles. The molecule has 1 fully saturated rings. The van der Waals surface area contributed by atoms with Gasteiger partial charge in [-0.05, 0) is 24.7 Å². The third kappa shape index (κ3) is 2.42. The molecule has 2 heterocycles. The summed E-state index contributed by atoms with van der Waals surface area (Å²) in [6.45, 7) is 4.60. The number of nitrogens with one attached hydrogen (secondary N) is 2. The van der Waals surface area contributed by atoms with Gasteiger partial charge in [0.15, 0.2) is 5.65 Å². The monoisotopic (exact) mass is 274 g/mol. The highest BCUT2D eigenvalue weighted by Crippen LogP contribution is 2.33. The van der Waals surface area contributed by atoms with Gasteiger partial charge >= 0.3 is 0 Å². The zero-order valence-corrected chi connectivity index (χ0v) is 12.1. The van der Waals surface area contributed by atoms with Crippen molar-refractivity contribution in [3.63, 3.8) is 0 Å². The summed E-state index contributed by atoms with van der Waals surface area (Å²) in [6, 6.07) is 0.455. The Balaban J connectivity index is 1.89. The molecular weight excluding hydrogens is 252 g/mol. The zero-order valence-electron chi connectivity index (χ0n) is 12.1. The molecule has 0 saturated heterocycles. The Morgan fingerprint density at radius 3 is 2.90 bits per heavy atom. The van der Waals surface area contributed by atoms with Crippen molar-refractivity contribution in [1.82, 2.24) is 20.2 Å². The molecule has 0 spiro atoms. The van der Waals surface area contributed by atoms with Crippen molar-refractivity contribution in [2.45, 2.75) is 45.6 Å². The average molecular weight is 274 g/mol. The number of nitrogens with zero attached hydrogens (tertiary/aromatic N) is 3. The van der Waals surface area contributed by atoms with Gasteiger partial charge in [0, 0.05) is 6.04 Å². The molecular formula is C14H22N6. The Labute approximate surface area is 118 Å². The van der Waals surface area contributed by atoms with Crippen LogP contribution in [0.3, 0.4) is 0 Å². The van der Waals surface area contributed by atoms with E-state index in [1.54, 1.807) is 6.20 Å². The van der Waals surface area contributed by atoms with E-state index in [1.807, 2.05) is 0 Å². The number of rotatable bonds is 3. The summed E-state index contributed by atoms with van der Waals surface area (Å²) in [7, 11) is 0. The van der Waals surface area contributed by atoms with Crippen LogP contribution in [0.5, 0.6) is 0 Å². The molecule has 0 radical (unpaired) electrons. The molecule has 2 atom stereocenters. The Morgan fingerprint density at radius 1 is 1.30 bits per heavy atom. The second-order valence-electron chi connectivity index (χ2n) is 6.01. The van der Waals surface area contributed by atoms with Gasteiger partial charge in [0.05, 0.1) is 11.6 Å². The Hall–Kier alpha value is -1.85. The Kier molecular flexibility index (Phi) is 3.46. The number of aromatic amines is 1. The molecule has 0 amide bonds. The second-order valence-corrected chi connectivity index (χ2v) is 6.01. The van der Waals surface area contributed by atoms with Crippen molar-refractivity contribution >= 4 is 22.8 Å². The van der Waals surface area contributed by atoms with Crippen LogP contribution in [-0.4, -0.2) is 26.2 Å². The summed E-state index contributed by atoms with van der Waals surface area (Å²) in [5.74, 6) is 2.44. The number of aromatic nitrogens is 4. The van der Waals surface area contributed by atoms with E-state index in [1.165, 1.54) is 25.7 Å². The molecule has 6 nitrogen and oxygen atoms in total. The largest absolute Gasteiger partial charge is 0.368 e. The minimum Gasteiger partial charge on any atom is -0.368 e. The molecule has 1 aliphatic carbocycles. The van der Waals surface area contributed by atoms with Crippen molar-refractivity contribution in [2.24, 2.45) is 11.8 Å². The van der Waals surface area contributed by atoms with Crippen LogP contribution in [0.1, 0.15) is 39.5 Å². The van der Waals surface area contributed by atoms with E-state index in [9.17, 15) is 0 Å². The van der Waals surface area contributed by atoms with Crippen molar-refractivity contribution in [1.29, 1.82) is 0 Å². The van der Waals surface area contributed by atoms with Gasteiger partial charge in [-0.1, -0.05) is 26.7 Å². The van der Waals surface area contributed by atoms with Crippen LogP contribution in [0.15, 0.2) is 6.20 Å². The topological polar surface area (TPSA) is 92.5 Å². The van der Waals surface area contributed by atoms with Crippen LogP contribution in [0.2, 0.25) is 0 Å². The molecule has 1 saturated carbocycles. The number of nitrogens with two attached hydrogens (primary N) is 1. The summed E-state index contributed by atoms with van der Waals surface area (Å²) in [6.07, 6.45) is 6.82. The van der Waals surface area contributed by atoms with E-state index < -0.39 is 0 Å². The number of nitrogen functional groups attached to an aromatic ring is 1. The smallest absolute Gasteiger partial charge is 0.224 e. The highest BCUT2D eigenvalue weighted by atomic mass is 15.2. The second kappa shape index (κ2) is 5.26. The molecule has 0 aliphatic heterocycles. The summed E-state index contributed by atoms with van der Waals surface area (Å²) >= 11 is 0. The van der Waals surface area contributed by atoms with E-state index in [0.29, 0.717) is 23.5 Å². The summed E-state index contributed by atoms with van der Waals surface area (Å²) in [5, 5.41) is 11.4. The third-order valence-corrected chi connectivity index (χ3v) is 4.32. The Morgan fingerprint density at radius 2 is 2.10 bits per heavy atom. The number of H-pyrrole nitrogens is 1. The molecule has 3 rings (SSSR count). The van der Waals surface area contributed by atoms with Crippen molar-refractivity contribution in [3.8, 4) is 0 Å². The van der Waals surface area contributed by atoms with E-state index in [0.717, 1.165) is 11.2 Å². The van der Waals surface area contributed by atoms with Gasteiger partial charge in [-0.25, -0.2) is 0 Å². The lowest BCUT2D eigenvalue weighted by molar-refractivity contribution is 0.253. The SMILES string of the molecule is CC(C)C1CCCCC1Nc1nc(N)nc2[nH]ncc12. The van der Waals surface area contributed by atoms with E-state index in [4.69, 9.17) is 5.73 Å². The molecule has 108 valence electrons. The van der Waals surface area contributed by atoms with Crippen LogP contribution >= 0.6 is 0 Å². The summed E-state index contributed by atoms with van der Waals surface area (Å²) in [5.41, 5.74) is 6.47. The normalized spacial score (nSPS) is 23.4. The number of hydrogen-bond acceptors (Lipinski definition) is 5. The number of fused-ring (bicyclic) bond motifs is 1. The van der Waals surface area contributed by atoms with Gasteiger partial charge in [-0.15, -0.1) is 0 Å². The molecule has 6 heteroatoms. The molecule has 2 unspecified atom stereocenters. The minimum absolute atomic E-state index is 0.279. The fraction of sp³-hybridized carbons (Fsp3) is 0.643. The molecule has 4 N–H and O–H groups in total.